The van der Waals surface area contributed by atoms with Crippen molar-refractivity contribution in [2.75, 3.05) is 6.54 Å². The van der Waals surface area contributed by atoms with Crippen molar-refractivity contribution in [2.45, 2.75) is 44.2 Å². The molecule has 6 rings (SSSR count). The van der Waals surface area contributed by atoms with Crippen molar-refractivity contribution in [3.05, 3.63) is 118 Å². The zero-order valence-corrected chi connectivity index (χ0v) is 20.8. The number of aromatic nitrogens is 1. The van der Waals surface area contributed by atoms with Crippen LogP contribution in [0, 0.1) is 11.8 Å². The zero-order chi connectivity index (χ0) is 25.7. The lowest BCUT2D eigenvalue weighted by molar-refractivity contribution is 0.0957. The largest absolute Gasteiger partial charge is 0.348 e. The summed E-state index contributed by atoms with van der Waals surface area (Å²) in [7, 11) is 0. The molecule has 185 valence electrons. The number of halogens is 1. The number of pyridine rings is 1. The van der Waals surface area contributed by atoms with E-state index in [1.807, 2.05) is 18.2 Å². The van der Waals surface area contributed by atoms with Gasteiger partial charge in [-0.3, -0.25) is 15.2 Å². The van der Waals surface area contributed by atoms with Crippen LogP contribution < -0.4 is 5.32 Å². The molecule has 2 N–H and O–H groups in total. The quantitative estimate of drug-likeness (QED) is 0.531. The fourth-order valence-electron chi connectivity index (χ4n) is 4.99. The summed E-state index contributed by atoms with van der Waals surface area (Å²) in [5.74, 6) is 0.258. The molecule has 1 atom stereocenters. The number of rotatable bonds is 6. The molecule has 0 bridgehead atoms. The lowest BCUT2D eigenvalue weighted by Gasteiger charge is -2.23. The van der Waals surface area contributed by atoms with Gasteiger partial charge in [0, 0.05) is 36.6 Å². The third kappa shape index (κ3) is 4.88. The van der Waals surface area contributed by atoms with Crippen LogP contribution in [0.15, 0.2) is 88.6 Å². The minimum absolute atomic E-state index is 0.189. The fourth-order valence-corrected chi connectivity index (χ4v) is 4.99. The van der Waals surface area contributed by atoms with Gasteiger partial charge in [-0.05, 0) is 85.4 Å². The molecule has 2 heterocycles. The number of benzene rings is 1. The van der Waals surface area contributed by atoms with Crippen molar-refractivity contribution in [1.29, 1.82) is 5.41 Å². The van der Waals surface area contributed by atoms with Crippen LogP contribution in [-0.4, -0.2) is 28.9 Å². The highest BCUT2D eigenvalue weighted by Gasteiger charge is 2.39. The number of amides is 1. The van der Waals surface area contributed by atoms with E-state index in [1.165, 1.54) is 18.4 Å². The van der Waals surface area contributed by atoms with E-state index in [9.17, 15) is 4.79 Å². The second-order valence-corrected chi connectivity index (χ2v) is 10.5. The van der Waals surface area contributed by atoms with E-state index in [-0.39, 0.29) is 18.2 Å². The Hall–Kier alpha value is -3.93. The summed E-state index contributed by atoms with van der Waals surface area (Å²) in [6.07, 6.45) is 10.7. The normalized spacial score (nSPS) is 23.2. The van der Waals surface area contributed by atoms with Crippen molar-refractivity contribution in [3.8, 4) is 0 Å². The van der Waals surface area contributed by atoms with Crippen LogP contribution in [0.1, 0.15) is 65.0 Å². The third-order valence-corrected chi connectivity index (χ3v) is 7.28. The predicted octanol–water partition coefficient (Wildman–Crippen LogP) is 5.85. The second-order valence-electron chi connectivity index (χ2n) is 10.5. The second kappa shape index (κ2) is 8.87. The first kappa shape index (κ1) is 23.5. The Kier molecular flexibility index (Phi) is 5.63. The number of nitrogens with one attached hydrogen (secondary N) is 2. The molecule has 5 nitrogen and oxygen atoms in total. The predicted molar refractivity (Wildman–Crippen MR) is 144 cm³/mol. The van der Waals surface area contributed by atoms with Gasteiger partial charge in [0.25, 0.3) is 5.91 Å². The molecule has 1 aromatic heterocycles. The summed E-state index contributed by atoms with van der Waals surface area (Å²) in [6.45, 7) is 5.82. The number of carbonyl (C=O) groups excluding carboxylic acids is 1. The average Bonchev–Trinajstić information content (AvgIpc) is 3.81. The van der Waals surface area contributed by atoms with Gasteiger partial charge in [-0.15, -0.1) is 0 Å². The summed E-state index contributed by atoms with van der Waals surface area (Å²) < 4.78 is 15.4. The number of allylic oxidation sites excluding steroid dienone is 4. The monoisotopic (exact) mass is 491 g/mol. The number of hydrogen-bond acceptors (Lipinski definition) is 4. The van der Waals surface area contributed by atoms with E-state index in [4.69, 9.17) is 10.4 Å². The summed E-state index contributed by atoms with van der Waals surface area (Å²) >= 11 is 0. The highest BCUT2D eigenvalue weighted by molar-refractivity contribution is 6.19. The van der Waals surface area contributed by atoms with Crippen LogP contribution in [0.4, 0.5) is 4.39 Å². The van der Waals surface area contributed by atoms with E-state index >= 15 is 4.39 Å². The number of aliphatic imine (C=N–C) groups is 1. The summed E-state index contributed by atoms with van der Waals surface area (Å²) in [5.41, 5.74) is 6.68. The van der Waals surface area contributed by atoms with Crippen molar-refractivity contribution in [3.63, 3.8) is 0 Å². The first-order valence-corrected chi connectivity index (χ1v) is 12.7. The molecule has 1 aromatic carbocycles. The lowest BCUT2D eigenvalue weighted by Crippen LogP contribution is -2.26. The van der Waals surface area contributed by atoms with Gasteiger partial charge < -0.3 is 5.32 Å². The third-order valence-electron chi connectivity index (χ3n) is 7.28. The van der Waals surface area contributed by atoms with Crippen LogP contribution in [0.5, 0.6) is 0 Å². The average molecular weight is 492 g/mol. The molecule has 3 aliphatic carbocycles. The van der Waals surface area contributed by atoms with Crippen LogP contribution >= 0.6 is 0 Å². The van der Waals surface area contributed by atoms with E-state index in [0.717, 1.165) is 28.9 Å². The van der Waals surface area contributed by atoms with E-state index < -0.39 is 5.67 Å². The maximum Gasteiger partial charge on any atom is 0.251 e. The van der Waals surface area contributed by atoms with Gasteiger partial charge in [0.2, 0.25) is 0 Å². The lowest BCUT2D eigenvalue weighted by atomic mass is 9.87. The number of dihydropyridines is 1. The number of nitrogens with zero attached hydrogens (tertiary/aromatic N) is 2. The summed E-state index contributed by atoms with van der Waals surface area (Å²) in [6, 6.07) is 11.3. The van der Waals surface area contributed by atoms with Crippen LogP contribution in [0.3, 0.4) is 0 Å². The molecule has 1 saturated carbocycles. The zero-order valence-electron chi connectivity index (χ0n) is 20.8. The molecule has 1 fully saturated rings. The molecule has 1 amide bonds. The van der Waals surface area contributed by atoms with Gasteiger partial charge in [0.05, 0.1) is 22.8 Å². The molecule has 6 heteroatoms. The molecule has 0 spiro atoms. The van der Waals surface area contributed by atoms with Crippen LogP contribution in [0.25, 0.3) is 0 Å². The van der Waals surface area contributed by atoms with Crippen molar-refractivity contribution in [2.24, 2.45) is 4.99 Å². The highest BCUT2D eigenvalue weighted by atomic mass is 19.1. The van der Waals surface area contributed by atoms with Gasteiger partial charge in [-0.2, -0.15) is 0 Å². The van der Waals surface area contributed by atoms with Crippen LogP contribution in [-0.2, 0) is 12.1 Å². The Morgan fingerprint density at radius 2 is 2.08 bits per heavy atom. The van der Waals surface area contributed by atoms with Gasteiger partial charge >= 0.3 is 0 Å². The topological polar surface area (TPSA) is 78.2 Å². The van der Waals surface area contributed by atoms with Crippen LogP contribution in [0.2, 0.25) is 0 Å². The minimum atomic E-state index is -1.50. The molecular formula is C31H28FN4O. The van der Waals surface area contributed by atoms with Gasteiger partial charge in [0.1, 0.15) is 5.67 Å². The van der Waals surface area contributed by atoms with Crippen molar-refractivity contribution < 1.29 is 9.18 Å². The number of alkyl halides is 1. The molecule has 0 saturated heterocycles. The smallest absolute Gasteiger partial charge is 0.251 e. The van der Waals surface area contributed by atoms with E-state index in [1.54, 1.807) is 37.3 Å². The number of carbonyl (C=O) groups is 1. The highest BCUT2D eigenvalue weighted by Crippen LogP contribution is 2.48. The molecule has 0 unspecified atom stereocenters. The first-order valence-electron chi connectivity index (χ1n) is 12.7. The maximum absolute atomic E-state index is 15.4. The molecule has 1 aliphatic heterocycles. The first-order chi connectivity index (χ1) is 17.8. The SMILES string of the molecule is C=C(/C=C1/N=C(c2cccc(C3CC3)n2)C=CC1=N)CNC(=O)c1ccc2c(c1)[C@](C)(F)CC1=C([CH]1)C2. The Morgan fingerprint density at radius 3 is 2.89 bits per heavy atom. The van der Waals surface area contributed by atoms with Gasteiger partial charge in [-0.1, -0.05) is 29.9 Å². The Morgan fingerprint density at radius 1 is 1.24 bits per heavy atom. The molecule has 37 heavy (non-hydrogen) atoms. The minimum Gasteiger partial charge on any atom is -0.348 e. The summed E-state index contributed by atoms with van der Waals surface area (Å²) in [4.78, 5) is 22.3. The maximum atomic E-state index is 15.4. The standard InChI is InChI=1S/C31H28FN4O/c1-18(12-29-25(33)10-11-28(36-29)27-5-3-4-26(35-27)19-6-7-19)17-34-30(37)21-9-8-20-13-22-14-23(22)16-31(2,32)24(20)15-21/h3-5,8-12,14-15,19,33H,1,6-7,13,16-17H2,2H3,(H,34,37)/b29-12+,33-25?/t31-/m1/s1. The Balaban J connectivity index is 1.14. The van der Waals surface area contributed by atoms with E-state index in [2.05, 4.69) is 29.4 Å². The van der Waals surface area contributed by atoms with Crippen molar-refractivity contribution in [1.82, 2.24) is 10.3 Å². The van der Waals surface area contributed by atoms with Crippen molar-refractivity contribution >= 4 is 17.3 Å². The number of hydrogen-bond donors (Lipinski definition) is 2. The molecule has 4 aliphatic rings. The molecule has 1 radical (unpaired) electrons. The Bertz CT molecular complexity index is 1490. The van der Waals surface area contributed by atoms with Gasteiger partial charge in [-0.25, -0.2) is 9.38 Å². The number of fused-ring (bicyclic) bond motifs is 1. The summed E-state index contributed by atoms with van der Waals surface area (Å²) in [5, 5.41) is 11.1. The molecule has 2 aromatic rings. The fraction of sp³-hybridized carbons (Fsp3) is 0.258. The van der Waals surface area contributed by atoms with E-state index in [0.29, 0.717) is 40.4 Å². The van der Waals surface area contributed by atoms with Gasteiger partial charge in [0.15, 0.2) is 0 Å². The Labute approximate surface area is 216 Å². The molecular weight excluding hydrogens is 463 g/mol.